The zero-order valence-corrected chi connectivity index (χ0v) is 9.53. The minimum absolute atomic E-state index is 0.0833. The molecule has 0 amide bonds. The zero-order valence-electron chi connectivity index (χ0n) is 8.71. The Hall–Kier alpha value is -1.96. The molecule has 0 aliphatic carbocycles. The fourth-order valence-corrected chi connectivity index (χ4v) is 2.07. The molecule has 0 unspecified atom stereocenters. The number of aryl methyl sites for hydroxylation is 1. The largest absolute Gasteiger partial charge is 0.356 e. The van der Waals surface area contributed by atoms with Crippen LogP contribution < -0.4 is 4.72 Å². The van der Waals surface area contributed by atoms with Gasteiger partial charge in [0, 0.05) is 12.4 Å². The lowest BCUT2D eigenvalue weighted by molar-refractivity contribution is 0.390. The molecule has 17 heavy (non-hydrogen) atoms. The van der Waals surface area contributed by atoms with Crippen molar-refractivity contribution in [2.45, 2.75) is 11.8 Å². The van der Waals surface area contributed by atoms with Crippen molar-refractivity contribution < 1.29 is 17.3 Å². The minimum Gasteiger partial charge on any atom is -0.356 e. The third-order valence-corrected chi connectivity index (χ3v) is 3.29. The van der Waals surface area contributed by atoms with E-state index in [0.29, 0.717) is 0 Å². The van der Waals surface area contributed by atoms with Crippen molar-refractivity contribution in [1.29, 1.82) is 0 Å². The molecule has 8 heteroatoms. The number of anilines is 1. The smallest absolute Gasteiger partial charge is 0.264 e. The lowest BCUT2D eigenvalue weighted by Gasteiger charge is -2.03. The van der Waals surface area contributed by atoms with E-state index in [1.54, 1.807) is 0 Å². The summed E-state index contributed by atoms with van der Waals surface area (Å²) in [5.41, 5.74) is 0. The lowest BCUT2D eigenvalue weighted by Crippen LogP contribution is -2.14. The van der Waals surface area contributed by atoms with Gasteiger partial charge in [-0.25, -0.2) is 8.42 Å². The second-order valence-corrected chi connectivity index (χ2v) is 4.88. The maximum absolute atomic E-state index is 13.3. The molecule has 0 aliphatic rings. The Morgan fingerprint density at radius 2 is 2.24 bits per heavy atom. The van der Waals surface area contributed by atoms with Crippen molar-refractivity contribution in [3.63, 3.8) is 0 Å². The van der Waals surface area contributed by atoms with Gasteiger partial charge in [0.1, 0.15) is 4.90 Å². The molecule has 0 aliphatic heterocycles. The Bertz CT molecular complexity index is 624. The monoisotopic (exact) mass is 257 g/mol. The topological polar surface area (TPSA) is 85.1 Å². The molecule has 0 saturated carbocycles. The van der Waals surface area contributed by atoms with Crippen molar-refractivity contribution in [1.82, 2.24) is 10.1 Å². The van der Waals surface area contributed by atoms with Gasteiger partial charge in [-0.3, -0.25) is 9.71 Å². The number of hydrogen-bond donors (Lipinski definition) is 1. The van der Waals surface area contributed by atoms with Gasteiger partial charge in [-0.1, -0.05) is 5.16 Å². The number of nitrogens with one attached hydrogen (secondary N) is 1. The van der Waals surface area contributed by atoms with Gasteiger partial charge in [0.15, 0.2) is 5.76 Å². The average molecular weight is 257 g/mol. The summed E-state index contributed by atoms with van der Waals surface area (Å²) in [6, 6.07) is 2.79. The van der Waals surface area contributed by atoms with Gasteiger partial charge in [-0.15, -0.1) is 0 Å². The first-order chi connectivity index (χ1) is 8.00. The molecule has 2 heterocycles. The standard InChI is InChI=1S/C9H8FN3O3S/c1-6-8(10)9(12-16-6)13-17(14,15)7-3-2-4-11-5-7/h2-5H,1H3,(H,12,13). The molecule has 2 aromatic heterocycles. The Morgan fingerprint density at radius 3 is 2.76 bits per heavy atom. The van der Waals surface area contributed by atoms with Crippen LogP contribution in [0, 0.1) is 12.7 Å². The highest BCUT2D eigenvalue weighted by Gasteiger charge is 2.20. The summed E-state index contributed by atoms with van der Waals surface area (Å²) in [4.78, 5) is 3.58. The van der Waals surface area contributed by atoms with E-state index in [2.05, 4.69) is 14.7 Å². The third kappa shape index (κ3) is 2.26. The van der Waals surface area contributed by atoms with Crippen LogP contribution in [0.4, 0.5) is 10.2 Å². The highest BCUT2D eigenvalue weighted by atomic mass is 32.2. The molecule has 0 fully saturated rings. The molecule has 0 spiro atoms. The van der Waals surface area contributed by atoms with E-state index in [-0.39, 0.29) is 10.7 Å². The van der Waals surface area contributed by atoms with Gasteiger partial charge < -0.3 is 4.52 Å². The summed E-state index contributed by atoms with van der Waals surface area (Å²) in [7, 11) is -3.90. The molecule has 0 bridgehead atoms. The lowest BCUT2D eigenvalue weighted by atomic mass is 10.5. The Kier molecular flexibility index (Phi) is 2.80. The van der Waals surface area contributed by atoms with Crippen LogP contribution in [0.3, 0.4) is 0 Å². The Labute approximate surface area is 96.5 Å². The zero-order chi connectivity index (χ0) is 12.5. The van der Waals surface area contributed by atoms with Crippen LogP contribution in [-0.2, 0) is 10.0 Å². The van der Waals surface area contributed by atoms with Gasteiger partial charge in [0.05, 0.1) is 0 Å². The summed E-state index contributed by atoms with van der Waals surface area (Å²) < 4.78 is 43.3. The van der Waals surface area contributed by atoms with Crippen LogP contribution >= 0.6 is 0 Å². The van der Waals surface area contributed by atoms with Crippen molar-refractivity contribution in [2.75, 3.05) is 4.72 Å². The molecule has 0 radical (unpaired) electrons. The van der Waals surface area contributed by atoms with Gasteiger partial charge in [-0.2, -0.15) is 4.39 Å². The molecule has 0 atom stereocenters. The van der Waals surface area contributed by atoms with Crippen molar-refractivity contribution in [3.8, 4) is 0 Å². The minimum atomic E-state index is -3.90. The number of aromatic nitrogens is 2. The maximum Gasteiger partial charge on any atom is 0.264 e. The first-order valence-corrected chi connectivity index (χ1v) is 6.03. The maximum atomic E-state index is 13.3. The normalized spacial score (nSPS) is 11.4. The Balaban J connectivity index is 2.34. The van der Waals surface area contributed by atoms with Crippen LogP contribution in [0.2, 0.25) is 0 Å². The van der Waals surface area contributed by atoms with Crippen LogP contribution in [0.5, 0.6) is 0 Å². The first-order valence-electron chi connectivity index (χ1n) is 4.55. The quantitative estimate of drug-likeness (QED) is 0.896. The molecule has 0 saturated heterocycles. The molecule has 1 N–H and O–H groups in total. The van der Waals surface area contributed by atoms with Crippen molar-refractivity contribution in [2.24, 2.45) is 0 Å². The highest BCUT2D eigenvalue weighted by molar-refractivity contribution is 7.92. The van der Waals surface area contributed by atoms with E-state index in [0.717, 1.165) is 6.20 Å². The second-order valence-electron chi connectivity index (χ2n) is 3.20. The molecular weight excluding hydrogens is 249 g/mol. The van der Waals surface area contributed by atoms with E-state index in [4.69, 9.17) is 0 Å². The van der Waals surface area contributed by atoms with E-state index >= 15 is 0 Å². The molecule has 90 valence electrons. The highest BCUT2D eigenvalue weighted by Crippen LogP contribution is 2.19. The molecule has 0 aromatic carbocycles. The van der Waals surface area contributed by atoms with Gasteiger partial charge >= 0.3 is 0 Å². The fourth-order valence-electron chi connectivity index (χ4n) is 1.12. The molecule has 2 aromatic rings. The number of halogens is 1. The predicted octanol–water partition coefficient (Wildman–Crippen LogP) is 1.32. The molecule has 6 nitrogen and oxygen atoms in total. The fraction of sp³-hybridized carbons (Fsp3) is 0.111. The van der Waals surface area contributed by atoms with Crippen molar-refractivity contribution in [3.05, 3.63) is 36.1 Å². The van der Waals surface area contributed by atoms with Crippen LogP contribution in [0.15, 0.2) is 33.9 Å². The predicted molar refractivity (Wildman–Crippen MR) is 56.2 cm³/mol. The van der Waals surface area contributed by atoms with E-state index in [1.807, 2.05) is 4.72 Å². The number of nitrogens with zero attached hydrogens (tertiary/aromatic N) is 2. The van der Waals surface area contributed by atoms with Crippen LogP contribution in [0.25, 0.3) is 0 Å². The van der Waals surface area contributed by atoms with E-state index in [9.17, 15) is 12.8 Å². The summed E-state index contributed by atoms with van der Waals surface area (Å²) in [6.07, 6.45) is 2.58. The van der Waals surface area contributed by atoms with Crippen molar-refractivity contribution >= 4 is 15.8 Å². The van der Waals surface area contributed by atoms with E-state index < -0.39 is 21.7 Å². The second kappa shape index (κ2) is 4.13. The summed E-state index contributed by atoms with van der Waals surface area (Å²) in [6.45, 7) is 1.34. The number of sulfonamides is 1. The first kappa shape index (κ1) is 11.5. The van der Waals surface area contributed by atoms with Gasteiger partial charge in [-0.05, 0) is 19.1 Å². The van der Waals surface area contributed by atoms with Gasteiger partial charge in [0.2, 0.25) is 11.6 Å². The average Bonchev–Trinajstić information content (AvgIpc) is 2.62. The van der Waals surface area contributed by atoms with Gasteiger partial charge in [0.25, 0.3) is 10.0 Å². The summed E-state index contributed by atoms with van der Waals surface area (Å²) in [5.74, 6) is -1.39. The van der Waals surface area contributed by atoms with E-state index in [1.165, 1.54) is 25.3 Å². The SMILES string of the molecule is Cc1onc(NS(=O)(=O)c2cccnc2)c1F. The molecule has 2 rings (SSSR count). The number of hydrogen-bond acceptors (Lipinski definition) is 5. The third-order valence-electron chi connectivity index (χ3n) is 1.97. The summed E-state index contributed by atoms with van der Waals surface area (Å²) in [5, 5.41) is 3.27. The van der Waals surface area contributed by atoms with Crippen LogP contribution in [0.1, 0.15) is 5.76 Å². The number of rotatable bonds is 3. The molecular formula is C9H8FN3O3S. The van der Waals surface area contributed by atoms with Crippen LogP contribution in [-0.4, -0.2) is 18.6 Å². The number of pyridine rings is 1. The summed E-state index contributed by atoms with van der Waals surface area (Å²) >= 11 is 0. The Morgan fingerprint density at radius 1 is 1.47 bits per heavy atom.